The summed E-state index contributed by atoms with van der Waals surface area (Å²) in [6.45, 7) is 1.40. The second-order valence-electron chi connectivity index (χ2n) is 4.43. The lowest BCUT2D eigenvalue weighted by molar-refractivity contribution is 0.0985. The maximum Gasteiger partial charge on any atom is 0.190 e. The number of nitriles is 1. The summed E-state index contributed by atoms with van der Waals surface area (Å²) in [4.78, 5) is 19.8. The molecule has 0 fully saturated rings. The second kappa shape index (κ2) is 6.66. The normalized spacial score (nSPS) is 11.8. The standard InChI is InChI=1S/C14H9F3N4OS/c1-6(23-14-20-5-7(4-18)13(19)21-14)12(22)11-9(16)2-8(15)3-10(11)17/h2-3,5-6H,1H3,(H2,19,20,21)/t6-/m0/s1. The largest absolute Gasteiger partial charge is 0.382 e. The molecule has 23 heavy (non-hydrogen) atoms. The highest BCUT2D eigenvalue weighted by atomic mass is 32.2. The van der Waals surface area contributed by atoms with Gasteiger partial charge in [-0.2, -0.15) is 5.26 Å². The zero-order valence-electron chi connectivity index (χ0n) is 11.7. The van der Waals surface area contributed by atoms with Gasteiger partial charge in [-0.1, -0.05) is 11.8 Å². The summed E-state index contributed by atoms with van der Waals surface area (Å²) in [5, 5.41) is 7.85. The second-order valence-corrected chi connectivity index (χ2v) is 5.74. The molecule has 0 aliphatic rings. The molecule has 0 unspecified atom stereocenters. The molecule has 2 N–H and O–H groups in total. The Balaban J connectivity index is 2.24. The molecule has 0 saturated carbocycles. The van der Waals surface area contributed by atoms with Gasteiger partial charge in [0.25, 0.3) is 0 Å². The van der Waals surface area contributed by atoms with Crippen LogP contribution < -0.4 is 5.73 Å². The van der Waals surface area contributed by atoms with Gasteiger partial charge in [0.05, 0.1) is 17.0 Å². The van der Waals surface area contributed by atoms with Crippen molar-refractivity contribution in [3.8, 4) is 6.07 Å². The van der Waals surface area contributed by atoms with E-state index in [2.05, 4.69) is 9.97 Å². The number of carbonyl (C=O) groups is 1. The van der Waals surface area contributed by atoms with Crippen LogP contribution in [0, 0.1) is 28.8 Å². The van der Waals surface area contributed by atoms with Crippen LogP contribution in [0.1, 0.15) is 22.8 Å². The number of Topliss-reactive ketones (excluding diaryl/α,β-unsaturated/α-hetero) is 1. The highest BCUT2D eigenvalue weighted by Gasteiger charge is 2.25. The molecule has 118 valence electrons. The van der Waals surface area contributed by atoms with Gasteiger partial charge in [-0.05, 0) is 6.92 Å². The summed E-state index contributed by atoms with van der Waals surface area (Å²) >= 11 is 0.813. The van der Waals surface area contributed by atoms with Crippen molar-refractivity contribution >= 4 is 23.4 Å². The van der Waals surface area contributed by atoms with E-state index in [9.17, 15) is 18.0 Å². The highest BCUT2D eigenvalue weighted by molar-refractivity contribution is 8.00. The molecule has 5 nitrogen and oxygen atoms in total. The third kappa shape index (κ3) is 3.60. The lowest BCUT2D eigenvalue weighted by atomic mass is 10.1. The zero-order chi connectivity index (χ0) is 17.1. The predicted octanol–water partition coefficient (Wildman–Crippen LogP) is 2.71. The number of hydrogen-bond donors (Lipinski definition) is 1. The van der Waals surface area contributed by atoms with Crippen LogP contribution in [0.15, 0.2) is 23.5 Å². The molecule has 1 atom stereocenters. The van der Waals surface area contributed by atoms with Crippen LogP contribution in [0.4, 0.5) is 19.0 Å². The first kappa shape index (κ1) is 16.8. The molecule has 2 aromatic rings. The van der Waals surface area contributed by atoms with Crippen LogP contribution in [-0.4, -0.2) is 21.0 Å². The van der Waals surface area contributed by atoms with Gasteiger partial charge >= 0.3 is 0 Å². The van der Waals surface area contributed by atoms with E-state index in [-0.39, 0.29) is 16.5 Å². The number of rotatable bonds is 4. The zero-order valence-corrected chi connectivity index (χ0v) is 12.5. The summed E-state index contributed by atoms with van der Waals surface area (Å²) in [6.07, 6.45) is 1.18. The molecule has 1 aromatic carbocycles. The summed E-state index contributed by atoms with van der Waals surface area (Å²) < 4.78 is 40.1. The van der Waals surface area contributed by atoms with Crippen molar-refractivity contribution in [3.05, 3.63) is 46.9 Å². The van der Waals surface area contributed by atoms with Crippen molar-refractivity contribution in [2.45, 2.75) is 17.3 Å². The van der Waals surface area contributed by atoms with Gasteiger partial charge in [-0.25, -0.2) is 23.1 Å². The van der Waals surface area contributed by atoms with Crippen LogP contribution in [0.25, 0.3) is 0 Å². The van der Waals surface area contributed by atoms with Crippen LogP contribution in [0.5, 0.6) is 0 Å². The van der Waals surface area contributed by atoms with Crippen molar-refractivity contribution in [3.63, 3.8) is 0 Å². The summed E-state index contributed by atoms with van der Waals surface area (Å²) in [5.74, 6) is -4.61. The van der Waals surface area contributed by atoms with Gasteiger partial charge in [0.1, 0.15) is 34.9 Å². The highest BCUT2D eigenvalue weighted by Crippen LogP contribution is 2.26. The van der Waals surface area contributed by atoms with Crippen molar-refractivity contribution < 1.29 is 18.0 Å². The number of benzene rings is 1. The lowest BCUT2D eigenvalue weighted by Gasteiger charge is -2.11. The summed E-state index contributed by atoms with van der Waals surface area (Å²) in [7, 11) is 0. The van der Waals surface area contributed by atoms with Gasteiger partial charge in [-0.15, -0.1) is 0 Å². The Labute approximate surface area is 133 Å². The quantitative estimate of drug-likeness (QED) is 0.523. The van der Waals surface area contributed by atoms with E-state index in [1.807, 2.05) is 0 Å². The summed E-state index contributed by atoms with van der Waals surface area (Å²) in [5.41, 5.74) is 4.77. The number of nitrogens with zero attached hydrogens (tertiary/aromatic N) is 3. The predicted molar refractivity (Wildman–Crippen MR) is 77.1 cm³/mol. The van der Waals surface area contributed by atoms with E-state index in [1.165, 1.54) is 13.1 Å². The smallest absolute Gasteiger partial charge is 0.190 e. The fourth-order valence-electron chi connectivity index (χ4n) is 1.71. The molecular weight excluding hydrogens is 329 g/mol. The van der Waals surface area contributed by atoms with Crippen molar-refractivity contribution in [1.29, 1.82) is 5.26 Å². The Hall–Kier alpha value is -2.60. The van der Waals surface area contributed by atoms with Crippen molar-refractivity contribution in [2.24, 2.45) is 0 Å². The summed E-state index contributed by atoms with van der Waals surface area (Å²) in [6, 6.07) is 2.65. The molecule has 9 heteroatoms. The molecule has 1 aromatic heterocycles. The van der Waals surface area contributed by atoms with E-state index in [0.717, 1.165) is 11.8 Å². The first-order valence-electron chi connectivity index (χ1n) is 6.21. The molecule has 0 spiro atoms. The maximum atomic E-state index is 13.6. The third-order valence-electron chi connectivity index (χ3n) is 2.82. The first-order chi connectivity index (χ1) is 10.8. The van der Waals surface area contributed by atoms with Crippen LogP contribution in [-0.2, 0) is 0 Å². The Morgan fingerprint density at radius 3 is 2.48 bits per heavy atom. The number of aromatic nitrogens is 2. The topological polar surface area (TPSA) is 92.7 Å². The minimum atomic E-state index is -1.28. The fourth-order valence-corrected chi connectivity index (χ4v) is 2.52. The van der Waals surface area contributed by atoms with E-state index in [4.69, 9.17) is 11.0 Å². The monoisotopic (exact) mass is 338 g/mol. The van der Waals surface area contributed by atoms with Crippen LogP contribution in [0.2, 0.25) is 0 Å². The number of carbonyl (C=O) groups excluding carboxylic acids is 1. The van der Waals surface area contributed by atoms with E-state index in [1.54, 1.807) is 6.07 Å². The Morgan fingerprint density at radius 1 is 1.35 bits per heavy atom. The number of hydrogen-bond acceptors (Lipinski definition) is 6. The maximum absolute atomic E-state index is 13.6. The average molecular weight is 338 g/mol. The minimum Gasteiger partial charge on any atom is -0.382 e. The Morgan fingerprint density at radius 2 is 1.96 bits per heavy atom. The molecule has 0 amide bonds. The number of anilines is 1. The van der Waals surface area contributed by atoms with Gasteiger partial charge < -0.3 is 5.73 Å². The Bertz CT molecular complexity index is 799. The van der Waals surface area contributed by atoms with Crippen molar-refractivity contribution in [1.82, 2.24) is 9.97 Å². The van der Waals surface area contributed by atoms with Crippen LogP contribution in [0.3, 0.4) is 0 Å². The number of halogens is 3. The fraction of sp³-hybridized carbons (Fsp3) is 0.143. The number of nitrogen functional groups attached to an aromatic ring is 1. The number of thioether (sulfide) groups is 1. The molecule has 2 rings (SSSR count). The van der Waals surface area contributed by atoms with Gasteiger partial charge in [0.15, 0.2) is 10.9 Å². The van der Waals surface area contributed by atoms with E-state index >= 15 is 0 Å². The van der Waals surface area contributed by atoms with Gasteiger partial charge in [0.2, 0.25) is 0 Å². The van der Waals surface area contributed by atoms with Crippen LogP contribution >= 0.6 is 11.8 Å². The van der Waals surface area contributed by atoms with E-state index in [0.29, 0.717) is 12.1 Å². The molecule has 0 aliphatic carbocycles. The molecule has 0 saturated heterocycles. The Kier molecular flexibility index (Phi) is 4.86. The molecule has 0 radical (unpaired) electrons. The molecular formula is C14H9F3N4OS. The van der Waals surface area contributed by atoms with Gasteiger partial charge in [0, 0.05) is 12.1 Å². The lowest BCUT2D eigenvalue weighted by Crippen LogP contribution is -2.18. The molecule has 0 bridgehead atoms. The number of nitrogens with two attached hydrogens (primary N) is 1. The average Bonchev–Trinajstić information content (AvgIpc) is 2.46. The van der Waals surface area contributed by atoms with Gasteiger partial charge in [-0.3, -0.25) is 4.79 Å². The van der Waals surface area contributed by atoms with Crippen molar-refractivity contribution in [2.75, 3.05) is 5.73 Å². The SMILES string of the molecule is C[C@H](Sc1ncc(C#N)c(N)n1)C(=O)c1c(F)cc(F)cc1F. The first-order valence-corrected chi connectivity index (χ1v) is 7.09. The number of ketones is 1. The molecule has 1 heterocycles. The van der Waals surface area contributed by atoms with E-state index < -0.39 is 34.0 Å². The third-order valence-corrected chi connectivity index (χ3v) is 3.80. The minimum absolute atomic E-state index is 0.0659. The molecule has 0 aliphatic heterocycles.